The maximum atomic E-state index is 13.1. The molecule has 0 fully saturated rings. The van der Waals surface area contributed by atoms with E-state index in [2.05, 4.69) is 5.32 Å². The number of hydrogen-bond acceptors (Lipinski definition) is 2. The first-order valence-corrected chi connectivity index (χ1v) is 7.10. The number of rotatable bonds is 2. The van der Waals surface area contributed by atoms with E-state index in [1.54, 1.807) is 26.0 Å². The van der Waals surface area contributed by atoms with E-state index < -0.39 is 0 Å². The van der Waals surface area contributed by atoms with Gasteiger partial charge in [-0.15, -0.1) is 0 Å². The lowest BCUT2D eigenvalue weighted by Crippen LogP contribution is -2.13. The molecule has 0 unspecified atom stereocenters. The number of carbonyl (C=O) groups is 1. The molecule has 22 heavy (non-hydrogen) atoms. The topological polar surface area (TPSA) is 42.2 Å². The Morgan fingerprint density at radius 1 is 1.23 bits per heavy atom. The molecule has 0 bridgehead atoms. The summed E-state index contributed by atoms with van der Waals surface area (Å²) in [5, 5.41) is 3.99. The summed E-state index contributed by atoms with van der Waals surface area (Å²) < 4.78 is 18.7. The van der Waals surface area contributed by atoms with Crippen LogP contribution in [0.1, 0.15) is 21.7 Å². The number of benzene rings is 2. The van der Waals surface area contributed by atoms with Gasteiger partial charge in [-0.2, -0.15) is 0 Å². The molecule has 0 radical (unpaired) electrons. The molecular weight excluding hydrogens is 305 g/mol. The fraction of sp³-hybridized carbons (Fsp3) is 0.118. The molecule has 1 N–H and O–H groups in total. The van der Waals surface area contributed by atoms with Crippen molar-refractivity contribution in [2.24, 2.45) is 0 Å². The highest BCUT2D eigenvalue weighted by Gasteiger charge is 2.19. The molecule has 1 heterocycles. The normalized spacial score (nSPS) is 10.9. The first-order valence-electron chi connectivity index (χ1n) is 6.72. The summed E-state index contributed by atoms with van der Waals surface area (Å²) in [6, 6.07) is 9.54. The zero-order chi connectivity index (χ0) is 15.9. The predicted molar refractivity (Wildman–Crippen MR) is 85.1 cm³/mol. The van der Waals surface area contributed by atoms with Crippen LogP contribution in [0.5, 0.6) is 0 Å². The number of aryl methyl sites for hydroxylation is 2. The molecule has 0 aliphatic carbocycles. The van der Waals surface area contributed by atoms with Crippen LogP contribution in [-0.4, -0.2) is 5.91 Å². The molecule has 3 rings (SSSR count). The van der Waals surface area contributed by atoms with Crippen molar-refractivity contribution in [2.45, 2.75) is 13.8 Å². The monoisotopic (exact) mass is 317 g/mol. The van der Waals surface area contributed by atoms with E-state index in [1.807, 2.05) is 6.07 Å². The maximum Gasteiger partial charge on any atom is 0.291 e. The second-order valence-corrected chi connectivity index (χ2v) is 5.49. The van der Waals surface area contributed by atoms with Gasteiger partial charge in [-0.25, -0.2) is 4.39 Å². The fourth-order valence-corrected chi connectivity index (χ4v) is 2.58. The maximum absolute atomic E-state index is 13.1. The Kier molecular flexibility index (Phi) is 3.62. The predicted octanol–water partition coefficient (Wildman–Crippen LogP) is 5.09. The second-order valence-electron chi connectivity index (χ2n) is 5.09. The summed E-state index contributed by atoms with van der Waals surface area (Å²) in [4.78, 5) is 12.4. The lowest BCUT2D eigenvalue weighted by atomic mass is 10.1. The minimum atomic E-state index is -0.389. The van der Waals surface area contributed by atoms with Crippen molar-refractivity contribution >= 4 is 34.2 Å². The van der Waals surface area contributed by atoms with Crippen molar-refractivity contribution in [1.29, 1.82) is 0 Å². The second kappa shape index (κ2) is 5.46. The molecule has 2 aromatic carbocycles. The molecule has 0 spiro atoms. The van der Waals surface area contributed by atoms with Gasteiger partial charge in [0.1, 0.15) is 5.82 Å². The summed E-state index contributed by atoms with van der Waals surface area (Å²) in [5.74, 6) is -0.534. The SMILES string of the molecule is Cc1cc(F)ccc1NC(=O)c1oc2c(Cl)cccc2c1C. The third kappa shape index (κ3) is 2.46. The number of anilines is 1. The van der Waals surface area contributed by atoms with Crippen LogP contribution in [0.25, 0.3) is 11.0 Å². The number of hydrogen-bond donors (Lipinski definition) is 1. The van der Waals surface area contributed by atoms with Crippen LogP contribution in [0.15, 0.2) is 40.8 Å². The minimum absolute atomic E-state index is 0.201. The van der Waals surface area contributed by atoms with E-state index in [1.165, 1.54) is 18.2 Å². The highest BCUT2D eigenvalue weighted by molar-refractivity contribution is 6.35. The molecule has 112 valence electrons. The van der Waals surface area contributed by atoms with E-state index in [-0.39, 0.29) is 17.5 Å². The van der Waals surface area contributed by atoms with Gasteiger partial charge in [0, 0.05) is 16.6 Å². The average Bonchev–Trinajstić information content (AvgIpc) is 2.81. The molecule has 0 atom stereocenters. The van der Waals surface area contributed by atoms with Gasteiger partial charge < -0.3 is 9.73 Å². The lowest BCUT2D eigenvalue weighted by Gasteiger charge is -2.07. The summed E-state index contributed by atoms with van der Waals surface area (Å²) in [7, 11) is 0. The smallest absolute Gasteiger partial charge is 0.291 e. The largest absolute Gasteiger partial charge is 0.449 e. The molecule has 0 saturated carbocycles. The first-order chi connectivity index (χ1) is 10.5. The minimum Gasteiger partial charge on any atom is -0.449 e. The van der Waals surface area contributed by atoms with Gasteiger partial charge >= 0.3 is 0 Å². The number of amides is 1. The van der Waals surface area contributed by atoms with Crippen LogP contribution in [-0.2, 0) is 0 Å². The Morgan fingerprint density at radius 2 is 2.00 bits per heavy atom. The molecular formula is C17H13ClFNO2. The molecule has 0 aliphatic heterocycles. The van der Waals surface area contributed by atoms with Gasteiger partial charge in [0.05, 0.1) is 5.02 Å². The number of furan rings is 1. The number of para-hydroxylation sites is 1. The summed E-state index contributed by atoms with van der Waals surface area (Å²) >= 11 is 6.08. The van der Waals surface area contributed by atoms with Crippen LogP contribution in [0.3, 0.4) is 0 Å². The molecule has 1 amide bonds. The Bertz CT molecular complexity index is 886. The molecule has 0 aliphatic rings. The molecule has 1 aromatic heterocycles. The highest BCUT2D eigenvalue weighted by atomic mass is 35.5. The van der Waals surface area contributed by atoms with E-state index in [0.29, 0.717) is 21.9 Å². The molecule has 3 nitrogen and oxygen atoms in total. The van der Waals surface area contributed by atoms with E-state index >= 15 is 0 Å². The van der Waals surface area contributed by atoms with Crippen molar-refractivity contribution in [2.75, 3.05) is 5.32 Å². The van der Waals surface area contributed by atoms with Crippen molar-refractivity contribution in [3.8, 4) is 0 Å². The van der Waals surface area contributed by atoms with E-state index in [4.69, 9.17) is 16.0 Å². The third-order valence-electron chi connectivity index (χ3n) is 3.56. The van der Waals surface area contributed by atoms with Crippen LogP contribution in [0.2, 0.25) is 5.02 Å². The Morgan fingerprint density at radius 3 is 2.68 bits per heavy atom. The van der Waals surface area contributed by atoms with Crippen LogP contribution in [0.4, 0.5) is 10.1 Å². The van der Waals surface area contributed by atoms with Gasteiger partial charge in [0.2, 0.25) is 0 Å². The fourth-order valence-electron chi connectivity index (χ4n) is 2.37. The molecule has 5 heteroatoms. The van der Waals surface area contributed by atoms with Crippen molar-refractivity contribution in [1.82, 2.24) is 0 Å². The van der Waals surface area contributed by atoms with Crippen molar-refractivity contribution in [3.05, 3.63) is 64.1 Å². The zero-order valence-electron chi connectivity index (χ0n) is 12.0. The van der Waals surface area contributed by atoms with Crippen LogP contribution < -0.4 is 5.32 Å². The number of carbonyl (C=O) groups excluding carboxylic acids is 1. The lowest BCUT2D eigenvalue weighted by molar-refractivity contribution is 0.0998. The van der Waals surface area contributed by atoms with Gasteiger partial charge in [0.25, 0.3) is 5.91 Å². The number of halogens is 2. The van der Waals surface area contributed by atoms with Crippen molar-refractivity contribution in [3.63, 3.8) is 0 Å². The van der Waals surface area contributed by atoms with Gasteiger partial charge in [-0.3, -0.25) is 4.79 Å². The quantitative estimate of drug-likeness (QED) is 0.715. The highest BCUT2D eigenvalue weighted by Crippen LogP contribution is 2.31. The Hall–Kier alpha value is -2.33. The van der Waals surface area contributed by atoms with Gasteiger partial charge in [0.15, 0.2) is 11.3 Å². The Balaban J connectivity index is 1.99. The standard InChI is InChI=1S/C17H13ClFNO2/c1-9-8-11(19)6-7-14(9)20-17(21)15-10(2)12-4-3-5-13(18)16(12)22-15/h3-8H,1-2H3,(H,20,21). The van der Waals surface area contributed by atoms with Gasteiger partial charge in [-0.1, -0.05) is 23.7 Å². The molecule has 3 aromatic rings. The first kappa shape index (κ1) is 14.6. The van der Waals surface area contributed by atoms with E-state index in [9.17, 15) is 9.18 Å². The van der Waals surface area contributed by atoms with Crippen LogP contribution in [0, 0.1) is 19.7 Å². The van der Waals surface area contributed by atoms with Gasteiger partial charge in [-0.05, 0) is 43.7 Å². The van der Waals surface area contributed by atoms with E-state index in [0.717, 1.165) is 10.9 Å². The number of nitrogens with one attached hydrogen (secondary N) is 1. The Labute approximate surface area is 131 Å². The zero-order valence-corrected chi connectivity index (χ0v) is 12.8. The number of fused-ring (bicyclic) bond motifs is 1. The average molecular weight is 318 g/mol. The summed E-state index contributed by atoms with van der Waals surface area (Å²) in [6.45, 7) is 3.52. The third-order valence-corrected chi connectivity index (χ3v) is 3.86. The van der Waals surface area contributed by atoms with Crippen LogP contribution >= 0.6 is 11.6 Å². The molecule has 0 saturated heterocycles. The summed E-state index contributed by atoms with van der Waals surface area (Å²) in [5.41, 5.74) is 2.38. The summed E-state index contributed by atoms with van der Waals surface area (Å²) in [6.07, 6.45) is 0. The van der Waals surface area contributed by atoms with Crippen molar-refractivity contribution < 1.29 is 13.6 Å².